The fourth-order valence-corrected chi connectivity index (χ4v) is 3.25. The van der Waals surface area contributed by atoms with Crippen molar-refractivity contribution in [1.82, 2.24) is 15.0 Å². The Kier molecular flexibility index (Phi) is 3.82. The molecule has 1 aliphatic rings. The molecule has 1 fully saturated rings. The average Bonchev–Trinajstić information content (AvgIpc) is 2.45. The van der Waals surface area contributed by atoms with E-state index in [1.807, 2.05) is 30.0 Å². The average molecular weight is 318 g/mol. The number of aryl methyl sites for hydroxylation is 1. The summed E-state index contributed by atoms with van der Waals surface area (Å²) < 4.78 is 23.1. The first kappa shape index (κ1) is 14.9. The zero-order chi connectivity index (χ0) is 15.7. The first-order valence-corrected chi connectivity index (χ1v) is 9.15. The van der Waals surface area contributed by atoms with Crippen molar-refractivity contribution in [1.29, 1.82) is 0 Å². The predicted octanol–water partition coefficient (Wildman–Crippen LogP) is 1.33. The minimum Gasteiger partial charge on any atom is -0.354 e. The maximum atomic E-state index is 11.5. The minimum atomic E-state index is -2.98. The van der Waals surface area contributed by atoms with E-state index in [9.17, 15) is 8.42 Å². The molecule has 7 heteroatoms. The Morgan fingerprint density at radius 2 is 1.91 bits per heavy atom. The number of anilines is 1. The molecule has 0 aliphatic carbocycles. The van der Waals surface area contributed by atoms with Gasteiger partial charge in [0.15, 0.2) is 15.7 Å². The standard InChI is InChI=1S/C15H18N4O2S/c1-3-12-8-14(19-9-13(10-19)22(2,20)21)18-15(17-12)11-4-6-16-7-5-11/h4-8,13H,3,9-10H2,1-2H3. The van der Waals surface area contributed by atoms with E-state index in [4.69, 9.17) is 0 Å². The van der Waals surface area contributed by atoms with E-state index in [0.717, 1.165) is 23.5 Å². The van der Waals surface area contributed by atoms with Crippen molar-refractivity contribution in [3.63, 3.8) is 0 Å². The van der Waals surface area contributed by atoms with Gasteiger partial charge in [-0.2, -0.15) is 0 Å². The first-order chi connectivity index (χ1) is 10.5. The molecule has 0 aromatic carbocycles. The van der Waals surface area contributed by atoms with Gasteiger partial charge in [-0.25, -0.2) is 18.4 Å². The van der Waals surface area contributed by atoms with Gasteiger partial charge < -0.3 is 4.90 Å². The molecule has 6 nitrogen and oxygen atoms in total. The lowest BCUT2D eigenvalue weighted by molar-refractivity contribution is 0.544. The molecular formula is C15H18N4O2S. The molecule has 0 radical (unpaired) electrons. The topological polar surface area (TPSA) is 76.1 Å². The number of nitrogens with zero attached hydrogens (tertiary/aromatic N) is 4. The highest BCUT2D eigenvalue weighted by Gasteiger charge is 2.35. The summed E-state index contributed by atoms with van der Waals surface area (Å²) in [5.41, 5.74) is 1.85. The third-order valence-corrected chi connectivity index (χ3v) is 5.35. The molecule has 2 aromatic rings. The summed E-state index contributed by atoms with van der Waals surface area (Å²) in [6.07, 6.45) is 5.51. The summed E-state index contributed by atoms with van der Waals surface area (Å²) in [6.45, 7) is 3.03. The molecule has 0 atom stereocenters. The number of aromatic nitrogens is 3. The van der Waals surface area contributed by atoms with E-state index in [0.29, 0.717) is 18.9 Å². The molecule has 0 bridgehead atoms. The van der Waals surface area contributed by atoms with Crippen LogP contribution in [0.1, 0.15) is 12.6 Å². The zero-order valence-electron chi connectivity index (χ0n) is 12.6. The lowest BCUT2D eigenvalue weighted by Crippen LogP contribution is -2.54. The van der Waals surface area contributed by atoms with E-state index < -0.39 is 9.84 Å². The van der Waals surface area contributed by atoms with Crippen LogP contribution < -0.4 is 4.90 Å². The number of sulfone groups is 1. The van der Waals surface area contributed by atoms with Crippen LogP contribution in [0, 0.1) is 0 Å². The number of rotatable bonds is 4. The third kappa shape index (κ3) is 2.94. The first-order valence-electron chi connectivity index (χ1n) is 7.19. The van der Waals surface area contributed by atoms with E-state index >= 15 is 0 Å². The Hall–Kier alpha value is -2.02. The molecule has 0 saturated carbocycles. The molecule has 0 unspecified atom stereocenters. The molecule has 3 rings (SSSR count). The van der Waals surface area contributed by atoms with Gasteiger partial charge in [-0.05, 0) is 18.6 Å². The van der Waals surface area contributed by atoms with Crippen LogP contribution in [0.2, 0.25) is 0 Å². The van der Waals surface area contributed by atoms with Crippen LogP contribution in [0.15, 0.2) is 30.6 Å². The van der Waals surface area contributed by atoms with Crippen LogP contribution in [0.5, 0.6) is 0 Å². The Morgan fingerprint density at radius 3 is 2.50 bits per heavy atom. The summed E-state index contributed by atoms with van der Waals surface area (Å²) >= 11 is 0. The molecule has 116 valence electrons. The minimum absolute atomic E-state index is 0.295. The maximum Gasteiger partial charge on any atom is 0.161 e. The fourth-order valence-electron chi connectivity index (χ4n) is 2.35. The van der Waals surface area contributed by atoms with Gasteiger partial charge in [0.2, 0.25) is 0 Å². The van der Waals surface area contributed by atoms with Crippen molar-refractivity contribution in [3.8, 4) is 11.4 Å². The van der Waals surface area contributed by atoms with Gasteiger partial charge in [0.1, 0.15) is 5.82 Å². The van der Waals surface area contributed by atoms with Crippen LogP contribution in [0.25, 0.3) is 11.4 Å². The van der Waals surface area contributed by atoms with Crippen LogP contribution >= 0.6 is 0 Å². The lowest BCUT2D eigenvalue weighted by atomic mass is 10.2. The van der Waals surface area contributed by atoms with Crippen molar-refractivity contribution in [2.45, 2.75) is 18.6 Å². The van der Waals surface area contributed by atoms with Gasteiger partial charge in [0.05, 0.1) is 5.25 Å². The van der Waals surface area contributed by atoms with Crippen molar-refractivity contribution >= 4 is 15.7 Å². The largest absolute Gasteiger partial charge is 0.354 e. The van der Waals surface area contributed by atoms with E-state index in [1.165, 1.54) is 6.26 Å². The summed E-state index contributed by atoms with van der Waals surface area (Å²) in [5.74, 6) is 1.44. The molecule has 1 saturated heterocycles. The van der Waals surface area contributed by atoms with Crippen molar-refractivity contribution in [2.75, 3.05) is 24.2 Å². The van der Waals surface area contributed by atoms with Crippen molar-refractivity contribution in [2.24, 2.45) is 0 Å². The quantitative estimate of drug-likeness (QED) is 0.846. The molecule has 0 amide bonds. The number of pyridine rings is 1. The second kappa shape index (κ2) is 5.64. The third-order valence-electron chi connectivity index (χ3n) is 3.84. The maximum absolute atomic E-state index is 11.5. The van der Waals surface area contributed by atoms with Gasteiger partial charge >= 0.3 is 0 Å². The smallest absolute Gasteiger partial charge is 0.161 e. The molecule has 2 aromatic heterocycles. The molecule has 1 aliphatic heterocycles. The van der Waals surface area contributed by atoms with E-state index in [1.54, 1.807) is 12.4 Å². The summed E-state index contributed by atoms with van der Waals surface area (Å²) in [4.78, 5) is 15.1. The summed E-state index contributed by atoms with van der Waals surface area (Å²) in [5, 5.41) is -0.295. The monoisotopic (exact) mass is 318 g/mol. The fraction of sp³-hybridized carbons (Fsp3) is 0.400. The van der Waals surface area contributed by atoms with Crippen LogP contribution in [0.4, 0.5) is 5.82 Å². The Morgan fingerprint density at radius 1 is 1.23 bits per heavy atom. The number of hydrogen-bond acceptors (Lipinski definition) is 6. The molecule has 22 heavy (non-hydrogen) atoms. The van der Waals surface area contributed by atoms with Gasteiger partial charge in [-0.15, -0.1) is 0 Å². The van der Waals surface area contributed by atoms with Crippen LogP contribution in [0.3, 0.4) is 0 Å². The highest BCUT2D eigenvalue weighted by Crippen LogP contribution is 2.25. The van der Waals surface area contributed by atoms with Crippen molar-refractivity contribution in [3.05, 3.63) is 36.3 Å². The summed E-state index contributed by atoms with van der Waals surface area (Å²) in [7, 11) is -2.98. The van der Waals surface area contributed by atoms with Gasteiger partial charge in [-0.1, -0.05) is 6.92 Å². The van der Waals surface area contributed by atoms with E-state index in [-0.39, 0.29) is 5.25 Å². The normalized spacial score (nSPS) is 15.6. The second-order valence-electron chi connectivity index (χ2n) is 5.49. The highest BCUT2D eigenvalue weighted by atomic mass is 32.2. The predicted molar refractivity (Wildman–Crippen MR) is 85.5 cm³/mol. The van der Waals surface area contributed by atoms with E-state index in [2.05, 4.69) is 15.0 Å². The van der Waals surface area contributed by atoms with Crippen LogP contribution in [-0.2, 0) is 16.3 Å². The zero-order valence-corrected chi connectivity index (χ0v) is 13.4. The molecule has 0 N–H and O–H groups in total. The molecular weight excluding hydrogens is 300 g/mol. The summed E-state index contributed by atoms with van der Waals surface area (Å²) in [6, 6.07) is 5.67. The SMILES string of the molecule is CCc1cc(N2CC(S(C)(=O)=O)C2)nc(-c2ccncc2)n1. The van der Waals surface area contributed by atoms with Gasteiger partial charge in [0, 0.05) is 49.1 Å². The molecule has 0 spiro atoms. The lowest BCUT2D eigenvalue weighted by Gasteiger charge is -2.39. The highest BCUT2D eigenvalue weighted by molar-refractivity contribution is 7.91. The Bertz CT molecular complexity index is 771. The van der Waals surface area contributed by atoms with Gasteiger partial charge in [-0.3, -0.25) is 4.98 Å². The second-order valence-corrected chi connectivity index (χ2v) is 7.81. The Labute approximate surface area is 130 Å². The molecule has 3 heterocycles. The van der Waals surface area contributed by atoms with Gasteiger partial charge in [0.25, 0.3) is 0 Å². The van der Waals surface area contributed by atoms with Crippen molar-refractivity contribution < 1.29 is 8.42 Å². The van der Waals surface area contributed by atoms with Crippen LogP contribution in [-0.4, -0.2) is 48.0 Å². The Balaban J connectivity index is 1.90. The number of hydrogen-bond donors (Lipinski definition) is 0.